The molecule has 2 heterocycles. The van der Waals surface area contributed by atoms with Crippen molar-refractivity contribution in [2.45, 2.75) is 37.3 Å². The van der Waals surface area contributed by atoms with Gasteiger partial charge in [0.1, 0.15) is 21.6 Å². The number of hydrogen-bond donors (Lipinski definition) is 4. The molecular formula is C21H21F2N5O2S. The number of aliphatic hydroxyl groups is 1. The number of nitrogen functional groups attached to an aromatic ring is 1. The van der Waals surface area contributed by atoms with E-state index in [4.69, 9.17) is 17.2 Å². The molecule has 0 spiro atoms. The molecule has 162 valence electrons. The number of carbonyl (C=O) groups excluding carboxylic acids is 1. The van der Waals surface area contributed by atoms with E-state index in [0.717, 1.165) is 23.0 Å². The standard InChI is InChI=1S/C21H21F2N5O2S/c22-13-3-2-11(17(23)16(13)21-28-18(19(25)30)20(26)31-21)12-8-27-6-5-10(12)9-1-4-15(29)14(24)7-9/h2-3,5-6,8-9,14-15,29H,1,4,7,24,26H2,(H2,25,30). The molecule has 3 atom stereocenters. The lowest BCUT2D eigenvalue weighted by Gasteiger charge is -2.32. The number of thiazole rings is 1. The normalized spacial score (nSPS) is 21.2. The summed E-state index contributed by atoms with van der Waals surface area (Å²) < 4.78 is 30.2. The second kappa shape index (κ2) is 8.29. The summed E-state index contributed by atoms with van der Waals surface area (Å²) in [4.78, 5) is 19.5. The summed E-state index contributed by atoms with van der Waals surface area (Å²) in [5.74, 6) is -2.54. The summed E-state index contributed by atoms with van der Waals surface area (Å²) in [6.45, 7) is 0. The van der Waals surface area contributed by atoms with Gasteiger partial charge in [-0.05, 0) is 48.9 Å². The zero-order valence-corrected chi connectivity index (χ0v) is 17.2. The molecule has 4 rings (SSSR count). The average molecular weight is 445 g/mol. The zero-order valence-electron chi connectivity index (χ0n) is 16.4. The molecule has 1 aromatic carbocycles. The smallest absolute Gasteiger partial charge is 0.270 e. The molecule has 2 aromatic heterocycles. The van der Waals surface area contributed by atoms with Gasteiger partial charge in [0.05, 0.1) is 11.7 Å². The molecule has 0 aliphatic heterocycles. The second-order valence-electron chi connectivity index (χ2n) is 7.58. The highest BCUT2D eigenvalue weighted by atomic mass is 32.1. The Morgan fingerprint density at radius 2 is 1.97 bits per heavy atom. The largest absolute Gasteiger partial charge is 0.392 e. The summed E-state index contributed by atoms with van der Waals surface area (Å²) in [5.41, 5.74) is 17.9. The first-order chi connectivity index (χ1) is 14.8. The third-order valence-electron chi connectivity index (χ3n) is 5.64. The number of nitrogens with zero attached hydrogens (tertiary/aromatic N) is 2. The highest BCUT2D eigenvalue weighted by molar-refractivity contribution is 7.19. The molecule has 31 heavy (non-hydrogen) atoms. The highest BCUT2D eigenvalue weighted by Gasteiger charge is 2.30. The van der Waals surface area contributed by atoms with Gasteiger partial charge in [0, 0.05) is 29.6 Å². The summed E-state index contributed by atoms with van der Waals surface area (Å²) in [5, 5.41) is 9.86. The van der Waals surface area contributed by atoms with Crippen molar-refractivity contribution >= 4 is 22.2 Å². The minimum absolute atomic E-state index is 0.00118. The maximum atomic E-state index is 15.6. The highest BCUT2D eigenvalue weighted by Crippen LogP contribution is 2.41. The molecule has 1 saturated carbocycles. The fourth-order valence-electron chi connectivity index (χ4n) is 4.03. The van der Waals surface area contributed by atoms with Crippen LogP contribution in [0.2, 0.25) is 0 Å². The molecule has 7 nitrogen and oxygen atoms in total. The molecule has 0 radical (unpaired) electrons. The molecule has 10 heteroatoms. The van der Waals surface area contributed by atoms with E-state index in [1.165, 1.54) is 12.3 Å². The van der Waals surface area contributed by atoms with E-state index < -0.39 is 23.6 Å². The number of primary amides is 1. The summed E-state index contributed by atoms with van der Waals surface area (Å²) in [7, 11) is 0. The lowest BCUT2D eigenvalue weighted by molar-refractivity contribution is 0.0996. The van der Waals surface area contributed by atoms with Crippen LogP contribution < -0.4 is 17.2 Å². The van der Waals surface area contributed by atoms with Crippen LogP contribution in [-0.2, 0) is 0 Å². The minimum Gasteiger partial charge on any atom is -0.392 e. The third-order valence-corrected chi connectivity index (χ3v) is 6.54. The molecule has 1 aliphatic carbocycles. The summed E-state index contributed by atoms with van der Waals surface area (Å²) in [6, 6.07) is 3.90. The number of halogens is 2. The molecule has 0 bridgehead atoms. The number of hydrogen-bond acceptors (Lipinski definition) is 7. The van der Waals surface area contributed by atoms with Crippen molar-refractivity contribution in [3.8, 4) is 21.7 Å². The molecular weight excluding hydrogens is 424 g/mol. The van der Waals surface area contributed by atoms with Crippen molar-refractivity contribution in [3.05, 3.63) is 53.5 Å². The van der Waals surface area contributed by atoms with E-state index in [2.05, 4.69) is 9.97 Å². The number of aliphatic hydroxyl groups excluding tert-OH is 1. The van der Waals surface area contributed by atoms with E-state index >= 15 is 4.39 Å². The Bertz CT molecular complexity index is 1150. The molecule has 1 amide bonds. The van der Waals surface area contributed by atoms with Crippen molar-refractivity contribution in [1.29, 1.82) is 0 Å². The molecule has 1 aliphatic rings. The number of aromatic nitrogens is 2. The Morgan fingerprint density at radius 3 is 2.65 bits per heavy atom. The average Bonchev–Trinajstić information content (AvgIpc) is 3.12. The lowest BCUT2D eigenvalue weighted by Crippen LogP contribution is -2.39. The maximum Gasteiger partial charge on any atom is 0.270 e. The van der Waals surface area contributed by atoms with Crippen LogP contribution in [0.4, 0.5) is 13.8 Å². The van der Waals surface area contributed by atoms with Gasteiger partial charge >= 0.3 is 0 Å². The van der Waals surface area contributed by atoms with Crippen molar-refractivity contribution in [3.63, 3.8) is 0 Å². The van der Waals surface area contributed by atoms with E-state index in [-0.39, 0.29) is 38.8 Å². The quantitative estimate of drug-likeness (QED) is 0.487. The van der Waals surface area contributed by atoms with Crippen LogP contribution in [0.1, 0.15) is 41.2 Å². The van der Waals surface area contributed by atoms with Crippen LogP contribution in [0.25, 0.3) is 21.7 Å². The van der Waals surface area contributed by atoms with Crippen LogP contribution in [0, 0.1) is 11.6 Å². The fourth-order valence-corrected chi connectivity index (χ4v) is 4.91. The molecule has 0 saturated heterocycles. The van der Waals surface area contributed by atoms with Crippen molar-refractivity contribution in [1.82, 2.24) is 9.97 Å². The van der Waals surface area contributed by atoms with E-state index in [9.17, 15) is 14.3 Å². The van der Waals surface area contributed by atoms with Crippen LogP contribution in [0.5, 0.6) is 0 Å². The third kappa shape index (κ3) is 3.89. The Morgan fingerprint density at radius 1 is 1.19 bits per heavy atom. The number of pyridine rings is 1. The number of nitrogens with two attached hydrogens (primary N) is 3. The topological polar surface area (TPSA) is 141 Å². The Hall–Kier alpha value is -2.95. The van der Waals surface area contributed by atoms with Gasteiger partial charge in [-0.2, -0.15) is 0 Å². The van der Waals surface area contributed by atoms with Crippen LogP contribution in [0.15, 0.2) is 30.6 Å². The zero-order chi connectivity index (χ0) is 22.3. The lowest BCUT2D eigenvalue weighted by atomic mass is 9.78. The predicted molar refractivity (Wildman–Crippen MR) is 114 cm³/mol. The van der Waals surface area contributed by atoms with Crippen molar-refractivity contribution in [2.75, 3.05) is 5.73 Å². The SMILES string of the molecule is NC(=O)c1nc(-c2c(F)ccc(-c3cnccc3C3CCC(O)C(N)C3)c2F)sc1N. The van der Waals surface area contributed by atoms with E-state index in [0.29, 0.717) is 24.8 Å². The van der Waals surface area contributed by atoms with Crippen LogP contribution >= 0.6 is 11.3 Å². The van der Waals surface area contributed by atoms with Gasteiger partial charge in [0.25, 0.3) is 5.91 Å². The first-order valence-corrected chi connectivity index (χ1v) is 10.5. The first-order valence-electron chi connectivity index (χ1n) is 9.70. The monoisotopic (exact) mass is 445 g/mol. The number of anilines is 1. The fraction of sp³-hybridized carbons (Fsp3) is 0.286. The Balaban J connectivity index is 1.82. The number of carbonyl (C=O) groups is 1. The van der Waals surface area contributed by atoms with Gasteiger partial charge in [-0.15, -0.1) is 0 Å². The predicted octanol–water partition coefficient (Wildman–Crippen LogP) is 2.79. The minimum atomic E-state index is -0.873. The van der Waals surface area contributed by atoms with Gasteiger partial charge in [-0.1, -0.05) is 11.3 Å². The molecule has 7 N–H and O–H groups in total. The second-order valence-corrected chi connectivity index (χ2v) is 8.61. The number of amides is 1. The van der Waals surface area contributed by atoms with Crippen molar-refractivity contribution < 1.29 is 18.7 Å². The van der Waals surface area contributed by atoms with E-state index in [1.54, 1.807) is 12.3 Å². The van der Waals surface area contributed by atoms with Crippen LogP contribution in [-0.4, -0.2) is 33.1 Å². The number of benzene rings is 1. The molecule has 3 aromatic rings. The van der Waals surface area contributed by atoms with Gasteiger partial charge in [-0.25, -0.2) is 13.8 Å². The van der Waals surface area contributed by atoms with Gasteiger partial charge < -0.3 is 22.3 Å². The number of rotatable bonds is 4. The first kappa shape index (κ1) is 21.3. The molecule has 1 fully saturated rings. The van der Waals surface area contributed by atoms with Gasteiger partial charge in [0.2, 0.25) is 0 Å². The van der Waals surface area contributed by atoms with Gasteiger partial charge in [-0.3, -0.25) is 9.78 Å². The van der Waals surface area contributed by atoms with Crippen molar-refractivity contribution in [2.24, 2.45) is 11.5 Å². The molecule has 3 unspecified atom stereocenters. The van der Waals surface area contributed by atoms with E-state index in [1.807, 2.05) is 0 Å². The summed E-state index contributed by atoms with van der Waals surface area (Å²) >= 11 is 0.787. The Kier molecular flexibility index (Phi) is 5.69. The summed E-state index contributed by atoms with van der Waals surface area (Å²) in [6.07, 6.45) is 4.34. The van der Waals surface area contributed by atoms with Crippen LogP contribution in [0.3, 0.4) is 0 Å². The maximum absolute atomic E-state index is 15.6. The Labute approximate surface area is 180 Å². The van der Waals surface area contributed by atoms with Gasteiger partial charge in [0.15, 0.2) is 5.69 Å².